The third-order valence-corrected chi connectivity index (χ3v) is 13.6. The van der Waals surface area contributed by atoms with Crippen LogP contribution in [0.2, 0.25) is 0 Å². The SMILES string of the molecule is CC/C=C\C/C=C\C/C=C\C/C=C\C/C=C\CC(=O)OC(COC(=O)CC/C=C\C/C=C\C/C=C\C/C=C\CC)COC(=O)CCCCCCCCCCCCCCCCCCCCCCCC/C=C\C/C=C\C/C=C\C/C=C\CC. The maximum atomic E-state index is 12.8. The van der Waals surface area contributed by atoms with Crippen LogP contribution in [0.15, 0.2) is 158 Å². The summed E-state index contributed by atoms with van der Waals surface area (Å²) in [6.45, 7) is 6.15. The lowest BCUT2D eigenvalue weighted by atomic mass is 10.0. The van der Waals surface area contributed by atoms with Gasteiger partial charge in [-0.2, -0.15) is 0 Å². The number of carbonyl (C=O) groups is 3. The Balaban J connectivity index is 4.20. The van der Waals surface area contributed by atoms with Crippen LogP contribution < -0.4 is 0 Å². The Morgan fingerprint density at radius 2 is 0.506 bits per heavy atom. The molecule has 0 fully saturated rings. The third kappa shape index (κ3) is 65.7. The molecule has 456 valence electrons. The van der Waals surface area contributed by atoms with Crippen LogP contribution in [0.5, 0.6) is 0 Å². The van der Waals surface area contributed by atoms with Crippen molar-refractivity contribution in [3.05, 3.63) is 158 Å². The highest BCUT2D eigenvalue weighted by atomic mass is 16.6. The van der Waals surface area contributed by atoms with E-state index in [1.165, 1.54) is 128 Å². The van der Waals surface area contributed by atoms with Crippen molar-refractivity contribution >= 4 is 17.9 Å². The Morgan fingerprint density at radius 1 is 0.259 bits per heavy atom. The van der Waals surface area contributed by atoms with Crippen LogP contribution in [0.3, 0.4) is 0 Å². The van der Waals surface area contributed by atoms with Gasteiger partial charge >= 0.3 is 17.9 Å². The van der Waals surface area contributed by atoms with Crippen molar-refractivity contribution in [1.29, 1.82) is 0 Å². The van der Waals surface area contributed by atoms with Crippen molar-refractivity contribution in [2.75, 3.05) is 13.2 Å². The quantitative estimate of drug-likeness (QED) is 0.0261. The number of unbranched alkanes of at least 4 members (excludes halogenated alkanes) is 22. The molecule has 0 spiro atoms. The Morgan fingerprint density at radius 3 is 0.827 bits per heavy atom. The zero-order valence-electron chi connectivity index (χ0n) is 52.2. The smallest absolute Gasteiger partial charge is 0.310 e. The van der Waals surface area contributed by atoms with Crippen LogP contribution in [0.25, 0.3) is 0 Å². The second kappa shape index (κ2) is 67.5. The van der Waals surface area contributed by atoms with Gasteiger partial charge in [-0.15, -0.1) is 0 Å². The van der Waals surface area contributed by atoms with Crippen molar-refractivity contribution in [2.24, 2.45) is 0 Å². The van der Waals surface area contributed by atoms with Gasteiger partial charge in [-0.3, -0.25) is 14.4 Å². The summed E-state index contributed by atoms with van der Waals surface area (Å²) in [5.41, 5.74) is 0. The summed E-state index contributed by atoms with van der Waals surface area (Å²) in [5, 5.41) is 0. The second-order valence-electron chi connectivity index (χ2n) is 21.2. The van der Waals surface area contributed by atoms with Crippen LogP contribution in [-0.2, 0) is 28.6 Å². The summed E-state index contributed by atoms with van der Waals surface area (Å²) in [6, 6.07) is 0. The Hall–Kier alpha value is -4.97. The Bertz CT molecular complexity index is 1810. The molecule has 0 aliphatic carbocycles. The average Bonchev–Trinajstić information content (AvgIpc) is 3.46. The molecular formula is C75H120O6. The molecule has 0 aliphatic rings. The van der Waals surface area contributed by atoms with Gasteiger partial charge in [0.15, 0.2) is 6.10 Å². The summed E-state index contributed by atoms with van der Waals surface area (Å²) < 4.78 is 16.7. The molecule has 0 bridgehead atoms. The van der Waals surface area contributed by atoms with Gasteiger partial charge in [0.05, 0.1) is 6.42 Å². The van der Waals surface area contributed by atoms with Gasteiger partial charge in [0.1, 0.15) is 13.2 Å². The lowest BCUT2D eigenvalue weighted by Crippen LogP contribution is -2.30. The van der Waals surface area contributed by atoms with Gasteiger partial charge in [-0.25, -0.2) is 0 Å². The monoisotopic (exact) mass is 1120 g/mol. The van der Waals surface area contributed by atoms with Crippen molar-refractivity contribution in [2.45, 2.75) is 284 Å². The van der Waals surface area contributed by atoms with E-state index in [0.29, 0.717) is 19.3 Å². The van der Waals surface area contributed by atoms with Crippen molar-refractivity contribution in [3.8, 4) is 0 Å². The highest BCUT2D eigenvalue weighted by Crippen LogP contribution is 2.16. The molecule has 0 saturated carbocycles. The summed E-state index contributed by atoms with van der Waals surface area (Å²) in [5.74, 6) is -1.16. The molecule has 6 nitrogen and oxygen atoms in total. The summed E-state index contributed by atoms with van der Waals surface area (Å²) in [7, 11) is 0. The molecule has 0 rings (SSSR count). The highest BCUT2D eigenvalue weighted by molar-refractivity contribution is 5.72. The first kappa shape index (κ1) is 76.0. The molecule has 0 saturated heterocycles. The number of hydrogen-bond acceptors (Lipinski definition) is 6. The number of ether oxygens (including phenoxy) is 3. The second-order valence-corrected chi connectivity index (χ2v) is 21.2. The summed E-state index contributed by atoms with van der Waals surface area (Å²) in [6.07, 6.45) is 99.0. The first-order chi connectivity index (χ1) is 40.0. The van der Waals surface area contributed by atoms with Crippen molar-refractivity contribution in [3.63, 3.8) is 0 Å². The molecule has 0 aromatic rings. The standard InChI is InChI=1S/C75H120O6/c1-4-7-10-13-16-19-22-25-27-28-29-30-31-32-33-34-35-36-37-38-39-40-41-42-43-44-45-46-48-50-53-56-59-62-65-68-74(77)80-71-72(70-79-73(76)67-64-61-58-55-52-49-24-21-18-15-12-9-6-3)81-75(78)69-66-63-60-57-54-51-47-26-23-20-17-14-11-8-5-2/h7-12,16-21,25-27,29-30,47,49,52,54,57-58,61,63,66,72H,4-6,13-15,22-24,28,31-46,48,50-51,53,55-56,59-60,62,64-65,67-71H2,1-3H3/b10-7-,11-8-,12-9-,19-16-,20-17-,21-18-,27-25-,30-29-,47-26-,52-49-,57-54-,61-58-,66-63-. The topological polar surface area (TPSA) is 78.9 Å². The van der Waals surface area contributed by atoms with Crippen molar-refractivity contribution in [1.82, 2.24) is 0 Å². The van der Waals surface area contributed by atoms with E-state index in [1.807, 2.05) is 18.2 Å². The number of carbonyl (C=O) groups excluding carboxylic acids is 3. The van der Waals surface area contributed by atoms with E-state index in [0.717, 1.165) is 96.3 Å². The van der Waals surface area contributed by atoms with Gasteiger partial charge < -0.3 is 14.2 Å². The molecule has 0 radical (unpaired) electrons. The van der Waals surface area contributed by atoms with E-state index >= 15 is 0 Å². The summed E-state index contributed by atoms with van der Waals surface area (Å²) in [4.78, 5) is 38.1. The third-order valence-electron chi connectivity index (χ3n) is 13.6. The van der Waals surface area contributed by atoms with Crippen LogP contribution in [0.4, 0.5) is 0 Å². The minimum Gasteiger partial charge on any atom is -0.462 e. The molecule has 0 aliphatic heterocycles. The molecule has 0 aromatic heterocycles. The van der Waals surface area contributed by atoms with Crippen LogP contribution in [0, 0.1) is 0 Å². The Labute approximate surface area is 499 Å². The molecule has 6 heteroatoms. The lowest BCUT2D eigenvalue weighted by Gasteiger charge is -2.18. The average molecular weight is 1120 g/mol. The van der Waals surface area contributed by atoms with E-state index in [4.69, 9.17) is 14.2 Å². The zero-order valence-corrected chi connectivity index (χ0v) is 52.2. The minimum absolute atomic E-state index is 0.0778. The molecule has 0 N–H and O–H groups in total. The molecule has 0 amide bonds. The van der Waals surface area contributed by atoms with Crippen LogP contribution >= 0.6 is 0 Å². The van der Waals surface area contributed by atoms with Crippen molar-refractivity contribution < 1.29 is 28.6 Å². The number of esters is 3. The number of hydrogen-bond donors (Lipinski definition) is 0. The molecule has 1 atom stereocenters. The number of allylic oxidation sites excluding steroid dienone is 25. The predicted molar refractivity (Wildman–Crippen MR) is 352 cm³/mol. The van der Waals surface area contributed by atoms with E-state index in [1.54, 1.807) is 6.08 Å². The van der Waals surface area contributed by atoms with Gasteiger partial charge in [-0.05, 0) is 109 Å². The van der Waals surface area contributed by atoms with E-state index in [-0.39, 0.29) is 38.0 Å². The first-order valence-corrected chi connectivity index (χ1v) is 33.0. The normalized spacial score (nSPS) is 13.2. The van der Waals surface area contributed by atoms with E-state index in [9.17, 15) is 14.4 Å². The lowest BCUT2D eigenvalue weighted by molar-refractivity contribution is -0.166. The largest absolute Gasteiger partial charge is 0.462 e. The van der Waals surface area contributed by atoms with Gasteiger partial charge in [0.25, 0.3) is 0 Å². The molecule has 1 unspecified atom stereocenters. The minimum atomic E-state index is -0.866. The van der Waals surface area contributed by atoms with Crippen LogP contribution in [0.1, 0.15) is 278 Å². The summed E-state index contributed by atoms with van der Waals surface area (Å²) >= 11 is 0. The predicted octanol–water partition coefficient (Wildman–Crippen LogP) is 22.9. The van der Waals surface area contributed by atoms with Gasteiger partial charge in [0, 0.05) is 12.8 Å². The van der Waals surface area contributed by atoms with E-state index in [2.05, 4.69) is 154 Å². The highest BCUT2D eigenvalue weighted by Gasteiger charge is 2.19. The van der Waals surface area contributed by atoms with E-state index < -0.39 is 12.1 Å². The fourth-order valence-electron chi connectivity index (χ4n) is 8.76. The maximum Gasteiger partial charge on any atom is 0.310 e. The van der Waals surface area contributed by atoms with Gasteiger partial charge in [0.2, 0.25) is 0 Å². The molecule has 81 heavy (non-hydrogen) atoms. The number of rotatable bonds is 58. The molecule has 0 heterocycles. The molecular weight excluding hydrogens is 997 g/mol. The fraction of sp³-hybridized carbons (Fsp3) is 0.613. The fourth-order valence-corrected chi connectivity index (χ4v) is 8.76. The molecule has 0 aromatic carbocycles. The van der Waals surface area contributed by atoms with Gasteiger partial charge in [-0.1, -0.05) is 307 Å². The zero-order chi connectivity index (χ0) is 58.5. The van der Waals surface area contributed by atoms with Crippen LogP contribution in [-0.4, -0.2) is 37.2 Å². The first-order valence-electron chi connectivity index (χ1n) is 33.0. The Kier molecular flexibility index (Phi) is 63.4. The maximum absolute atomic E-state index is 12.8.